The molecule has 2 N–H and O–H groups in total. The molecule has 5 nitrogen and oxygen atoms in total. The first-order valence-electron chi connectivity index (χ1n) is 6.54. The van der Waals surface area contributed by atoms with Gasteiger partial charge in [0.05, 0.1) is 0 Å². The van der Waals surface area contributed by atoms with Crippen molar-refractivity contribution < 1.29 is 23.5 Å². The Balaban J connectivity index is 2.27. The van der Waals surface area contributed by atoms with Crippen LogP contribution in [0.3, 0.4) is 0 Å². The number of likely N-dealkylation sites (tertiary alicyclic amines) is 1. The summed E-state index contributed by atoms with van der Waals surface area (Å²) in [6.07, 6.45) is 0.823. The lowest BCUT2D eigenvalue weighted by Crippen LogP contribution is -2.52. The summed E-state index contributed by atoms with van der Waals surface area (Å²) in [6, 6.07) is 1.49. The molecule has 1 atom stereocenters. The van der Waals surface area contributed by atoms with E-state index in [1.807, 2.05) is 0 Å². The van der Waals surface area contributed by atoms with Gasteiger partial charge in [0, 0.05) is 6.54 Å². The van der Waals surface area contributed by atoms with Gasteiger partial charge in [0.15, 0.2) is 5.82 Å². The quantitative estimate of drug-likeness (QED) is 0.882. The van der Waals surface area contributed by atoms with Crippen LogP contribution < -0.4 is 5.32 Å². The molecule has 0 bridgehead atoms. The number of benzene rings is 1. The molecule has 0 saturated carbocycles. The van der Waals surface area contributed by atoms with Crippen LogP contribution in [0.1, 0.15) is 25.3 Å². The van der Waals surface area contributed by atoms with Gasteiger partial charge in [0.2, 0.25) is 0 Å². The standard InChI is InChI=1S/C14H16F2N2O3/c1-8-4-5-9(15)11(10(8)16)17-13(21)18-7-3-6-14(18,2)12(19)20/h4-5H,3,6-7H2,1-2H3,(H,17,21)(H,19,20). The summed E-state index contributed by atoms with van der Waals surface area (Å²) >= 11 is 0. The van der Waals surface area contributed by atoms with E-state index < -0.39 is 34.9 Å². The van der Waals surface area contributed by atoms with Crippen LogP contribution in [-0.2, 0) is 4.79 Å². The first-order valence-corrected chi connectivity index (χ1v) is 6.54. The van der Waals surface area contributed by atoms with Crippen molar-refractivity contribution >= 4 is 17.7 Å². The third kappa shape index (κ3) is 2.55. The largest absolute Gasteiger partial charge is 0.480 e. The number of carboxylic acids is 1. The second-order valence-electron chi connectivity index (χ2n) is 5.32. The fourth-order valence-corrected chi connectivity index (χ4v) is 2.46. The van der Waals surface area contributed by atoms with E-state index in [4.69, 9.17) is 0 Å². The van der Waals surface area contributed by atoms with E-state index in [0.717, 1.165) is 11.0 Å². The van der Waals surface area contributed by atoms with Crippen molar-refractivity contribution in [1.29, 1.82) is 0 Å². The maximum absolute atomic E-state index is 13.9. The van der Waals surface area contributed by atoms with E-state index in [1.165, 1.54) is 19.9 Å². The number of urea groups is 1. The van der Waals surface area contributed by atoms with Crippen LogP contribution in [0.2, 0.25) is 0 Å². The smallest absolute Gasteiger partial charge is 0.329 e. The number of aryl methyl sites for hydroxylation is 1. The second-order valence-corrected chi connectivity index (χ2v) is 5.32. The van der Waals surface area contributed by atoms with Crippen molar-refractivity contribution in [1.82, 2.24) is 4.90 Å². The first kappa shape index (κ1) is 15.2. The lowest BCUT2D eigenvalue weighted by atomic mass is 10.00. The Bertz CT molecular complexity index is 606. The van der Waals surface area contributed by atoms with Gasteiger partial charge >= 0.3 is 12.0 Å². The molecule has 7 heteroatoms. The molecule has 114 valence electrons. The zero-order valence-electron chi connectivity index (χ0n) is 11.7. The van der Waals surface area contributed by atoms with E-state index >= 15 is 0 Å². The molecule has 1 aromatic rings. The molecule has 1 fully saturated rings. The van der Waals surface area contributed by atoms with Crippen molar-refractivity contribution in [3.8, 4) is 0 Å². The monoisotopic (exact) mass is 298 g/mol. The van der Waals surface area contributed by atoms with E-state index in [9.17, 15) is 23.5 Å². The fraction of sp³-hybridized carbons (Fsp3) is 0.429. The Morgan fingerprint density at radius 3 is 2.67 bits per heavy atom. The van der Waals surface area contributed by atoms with E-state index in [2.05, 4.69) is 5.32 Å². The number of hydrogen-bond acceptors (Lipinski definition) is 2. The van der Waals surface area contributed by atoms with Gasteiger partial charge in [0.1, 0.15) is 17.0 Å². The van der Waals surface area contributed by atoms with Crippen LogP contribution in [0.4, 0.5) is 19.3 Å². The molecular formula is C14H16F2N2O3. The molecule has 2 amide bonds. The van der Waals surface area contributed by atoms with Gasteiger partial charge in [-0.2, -0.15) is 0 Å². The molecule has 1 aliphatic rings. The molecule has 2 rings (SSSR count). The first-order chi connectivity index (χ1) is 9.77. The van der Waals surface area contributed by atoms with Crippen LogP contribution in [0.5, 0.6) is 0 Å². The van der Waals surface area contributed by atoms with Crippen LogP contribution in [0.25, 0.3) is 0 Å². The van der Waals surface area contributed by atoms with E-state index in [1.54, 1.807) is 0 Å². The average Bonchev–Trinajstić information content (AvgIpc) is 2.82. The summed E-state index contributed by atoms with van der Waals surface area (Å²) in [5.41, 5.74) is -1.73. The summed E-state index contributed by atoms with van der Waals surface area (Å²) in [6.45, 7) is 3.09. The number of nitrogens with zero attached hydrogens (tertiary/aromatic N) is 1. The van der Waals surface area contributed by atoms with E-state index in [-0.39, 0.29) is 12.1 Å². The molecule has 0 aromatic heterocycles. The number of aliphatic carboxylic acids is 1. The Kier molecular flexibility index (Phi) is 3.85. The second kappa shape index (κ2) is 5.31. The number of halogens is 2. The van der Waals surface area contributed by atoms with Gasteiger partial charge < -0.3 is 15.3 Å². The Morgan fingerprint density at radius 1 is 1.38 bits per heavy atom. The van der Waals surface area contributed by atoms with Gasteiger partial charge in [-0.3, -0.25) is 0 Å². The minimum absolute atomic E-state index is 0.189. The van der Waals surface area contributed by atoms with Crippen LogP contribution in [0.15, 0.2) is 12.1 Å². The van der Waals surface area contributed by atoms with Crippen molar-refractivity contribution in [2.75, 3.05) is 11.9 Å². The van der Waals surface area contributed by atoms with Crippen LogP contribution in [0, 0.1) is 18.6 Å². The molecule has 1 unspecified atom stereocenters. The van der Waals surface area contributed by atoms with Crippen molar-refractivity contribution in [2.45, 2.75) is 32.2 Å². The highest BCUT2D eigenvalue weighted by molar-refractivity contribution is 5.94. The minimum Gasteiger partial charge on any atom is -0.480 e. The summed E-state index contributed by atoms with van der Waals surface area (Å²) in [5.74, 6) is -2.90. The molecule has 1 aromatic carbocycles. The molecule has 21 heavy (non-hydrogen) atoms. The van der Waals surface area contributed by atoms with Crippen molar-refractivity contribution in [3.05, 3.63) is 29.3 Å². The number of carboxylic acid groups (broad SMARTS) is 1. The van der Waals surface area contributed by atoms with Crippen molar-refractivity contribution in [2.24, 2.45) is 0 Å². The number of rotatable bonds is 2. The number of amides is 2. The third-order valence-electron chi connectivity index (χ3n) is 3.86. The molecule has 1 aliphatic heterocycles. The zero-order valence-corrected chi connectivity index (χ0v) is 11.7. The van der Waals surface area contributed by atoms with Gasteiger partial charge in [-0.05, 0) is 38.3 Å². The number of anilines is 1. The predicted molar refractivity (Wildman–Crippen MR) is 72.1 cm³/mol. The number of carbonyl (C=O) groups excluding carboxylic acids is 1. The third-order valence-corrected chi connectivity index (χ3v) is 3.86. The lowest BCUT2D eigenvalue weighted by molar-refractivity contribution is -0.146. The highest BCUT2D eigenvalue weighted by Gasteiger charge is 2.46. The number of hydrogen-bond donors (Lipinski definition) is 2. The minimum atomic E-state index is -1.36. The Labute approximate surface area is 120 Å². The van der Waals surface area contributed by atoms with Crippen LogP contribution >= 0.6 is 0 Å². The van der Waals surface area contributed by atoms with E-state index in [0.29, 0.717) is 12.8 Å². The molecule has 0 spiro atoms. The highest BCUT2D eigenvalue weighted by Crippen LogP contribution is 2.30. The SMILES string of the molecule is Cc1ccc(F)c(NC(=O)N2CCCC2(C)C(=O)O)c1F. The zero-order chi connectivity index (χ0) is 15.8. The average molecular weight is 298 g/mol. The number of nitrogens with one attached hydrogen (secondary N) is 1. The highest BCUT2D eigenvalue weighted by atomic mass is 19.1. The molecular weight excluding hydrogens is 282 g/mol. The normalized spacial score (nSPS) is 21.4. The van der Waals surface area contributed by atoms with Gasteiger partial charge in [-0.15, -0.1) is 0 Å². The van der Waals surface area contributed by atoms with Crippen molar-refractivity contribution in [3.63, 3.8) is 0 Å². The Hall–Kier alpha value is -2.18. The molecule has 1 saturated heterocycles. The molecule has 1 heterocycles. The maximum atomic E-state index is 13.9. The molecule has 0 aliphatic carbocycles. The topological polar surface area (TPSA) is 69.6 Å². The summed E-state index contributed by atoms with van der Waals surface area (Å²) in [5, 5.41) is 11.4. The number of carbonyl (C=O) groups is 2. The summed E-state index contributed by atoms with van der Waals surface area (Å²) < 4.78 is 27.5. The Morgan fingerprint density at radius 2 is 2.05 bits per heavy atom. The van der Waals surface area contributed by atoms with Gasteiger partial charge in [-0.1, -0.05) is 6.07 Å². The predicted octanol–water partition coefficient (Wildman–Crippen LogP) is 2.74. The van der Waals surface area contributed by atoms with Gasteiger partial charge in [0.25, 0.3) is 0 Å². The molecule has 0 radical (unpaired) electrons. The maximum Gasteiger partial charge on any atom is 0.329 e. The summed E-state index contributed by atoms with van der Waals surface area (Å²) in [4.78, 5) is 24.6. The van der Waals surface area contributed by atoms with Crippen LogP contribution in [-0.4, -0.2) is 34.1 Å². The summed E-state index contributed by atoms with van der Waals surface area (Å²) in [7, 11) is 0. The van der Waals surface area contributed by atoms with Gasteiger partial charge in [-0.25, -0.2) is 18.4 Å². The lowest BCUT2D eigenvalue weighted by Gasteiger charge is -2.31. The fourth-order valence-electron chi connectivity index (χ4n) is 2.46.